The number of aliphatic hydroxyl groups is 1. The van der Waals surface area contributed by atoms with E-state index in [-0.39, 0.29) is 17.2 Å². The molecule has 1 aromatic rings. The molecule has 0 saturated heterocycles. The van der Waals surface area contributed by atoms with Gasteiger partial charge in [-0.1, -0.05) is 19.8 Å². The maximum Gasteiger partial charge on any atom is 0.260 e. The highest BCUT2D eigenvalue weighted by Gasteiger charge is 2.15. The lowest BCUT2D eigenvalue weighted by Crippen LogP contribution is -2.36. The van der Waals surface area contributed by atoms with Crippen molar-refractivity contribution in [3.05, 3.63) is 29.6 Å². The number of hydrogen-bond donors (Lipinski definition) is 2. The maximum absolute atomic E-state index is 13.7. The van der Waals surface area contributed by atoms with Crippen LogP contribution in [-0.2, 0) is 4.79 Å². The molecule has 0 aromatic heterocycles. The first-order valence-corrected chi connectivity index (χ1v) is 7.37. The van der Waals surface area contributed by atoms with Gasteiger partial charge >= 0.3 is 0 Å². The second kappa shape index (κ2) is 8.62. The van der Waals surface area contributed by atoms with Crippen LogP contribution in [0.1, 0.15) is 51.7 Å². The molecule has 0 bridgehead atoms. The Morgan fingerprint density at radius 1 is 1.38 bits per heavy atom. The monoisotopic (exact) mass is 297 g/mol. The number of rotatable bonds is 8. The average molecular weight is 297 g/mol. The zero-order valence-electron chi connectivity index (χ0n) is 12.9. The lowest BCUT2D eigenvalue weighted by Gasteiger charge is -2.15. The number of benzene rings is 1. The smallest absolute Gasteiger partial charge is 0.260 e. The van der Waals surface area contributed by atoms with Crippen molar-refractivity contribution < 1.29 is 19.0 Å². The molecule has 1 aromatic carbocycles. The van der Waals surface area contributed by atoms with Gasteiger partial charge in [-0.05, 0) is 32.4 Å². The molecule has 1 amide bonds. The molecule has 0 aliphatic heterocycles. The fourth-order valence-electron chi connectivity index (χ4n) is 1.91. The zero-order valence-corrected chi connectivity index (χ0v) is 12.9. The fraction of sp³-hybridized carbons (Fsp3) is 0.562. The van der Waals surface area contributed by atoms with E-state index in [9.17, 15) is 14.3 Å². The molecule has 0 aliphatic rings. The van der Waals surface area contributed by atoms with Gasteiger partial charge in [0, 0.05) is 18.2 Å². The molecule has 0 fully saturated rings. The van der Waals surface area contributed by atoms with E-state index in [0.717, 1.165) is 19.3 Å². The van der Waals surface area contributed by atoms with Crippen LogP contribution < -0.4 is 10.1 Å². The number of carbonyl (C=O) groups is 1. The van der Waals surface area contributed by atoms with Crippen molar-refractivity contribution in [2.45, 2.75) is 52.2 Å². The van der Waals surface area contributed by atoms with Crippen molar-refractivity contribution in [2.75, 3.05) is 6.54 Å². The van der Waals surface area contributed by atoms with E-state index in [1.807, 2.05) is 0 Å². The summed E-state index contributed by atoms with van der Waals surface area (Å²) in [5, 5.41) is 12.1. The molecule has 4 nitrogen and oxygen atoms in total. The Balaban J connectivity index is 2.52. The van der Waals surface area contributed by atoms with Crippen LogP contribution in [0.4, 0.5) is 4.39 Å². The number of ether oxygens (including phenoxy) is 1. The first kappa shape index (κ1) is 17.4. The predicted molar refractivity (Wildman–Crippen MR) is 79.7 cm³/mol. The van der Waals surface area contributed by atoms with Crippen LogP contribution in [-0.4, -0.2) is 23.7 Å². The lowest BCUT2D eigenvalue weighted by atomic mass is 10.1. The minimum atomic E-state index is -0.877. The zero-order chi connectivity index (χ0) is 15.8. The Kier molecular flexibility index (Phi) is 7.15. The molecule has 2 atom stereocenters. The molecule has 1 rings (SSSR count). The van der Waals surface area contributed by atoms with Crippen molar-refractivity contribution in [1.82, 2.24) is 5.32 Å². The van der Waals surface area contributed by atoms with Crippen molar-refractivity contribution in [3.63, 3.8) is 0 Å². The predicted octanol–water partition coefficient (Wildman–Crippen LogP) is 2.95. The highest BCUT2D eigenvalue weighted by atomic mass is 19.1. The summed E-state index contributed by atoms with van der Waals surface area (Å²) >= 11 is 0. The summed E-state index contributed by atoms with van der Waals surface area (Å²) in [5.41, 5.74) is 0.207. The third-order valence-electron chi connectivity index (χ3n) is 3.18. The Bertz CT molecular complexity index is 463. The highest BCUT2D eigenvalue weighted by Crippen LogP contribution is 2.22. The summed E-state index contributed by atoms with van der Waals surface area (Å²) in [4.78, 5) is 11.8. The Labute approximate surface area is 125 Å². The number of nitrogens with one attached hydrogen (secondary N) is 1. The van der Waals surface area contributed by atoms with E-state index in [0.29, 0.717) is 6.54 Å². The van der Waals surface area contributed by atoms with Crippen LogP contribution in [0, 0.1) is 5.82 Å². The van der Waals surface area contributed by atoms with E-state index < -0.39 is 18.0 Å². The summed E-state index contributed by atoms with van der Waals surface area (Å²) < 4.78 is 19.1. The number of unbranched alkanes of at least 4 members (excludes halogenated alkanes) is 2. The molecule has 0 spiro atoms. The third-order valence-corrected chi connectivity index (χ3v) is 3.18. The largest absolute Gasteiger partial charge is 0.481 e. The molecule has 2 unspecified atom stereocenters. The van der Waals surface area contributed by atoms with Gasteiger partial charge in [-0.3, -0.25) is 4.79 Å². The van der Waals surface area contributed by atoms with Crippen LogP contribution in [0.2, 0.25) is 0 Å². The number of carbonyl (C=O) groups excluding carboxylic acids is 1. The minimum absolute atomic E-state index is 0.207. The standard InChI is InChI=1S/C16H24FNO3/c1-4-5-6-9-18-16(20)12(3)21-13-7-8-14(11(2)19)15(17)10-13/h7-8,10-12,19H,4-6,9H2,1-3H3,(H,18,20). The van der Waals surface area contributed by atoms with Gasteiger partial charge in [0.05, 0.1) is 6.10 Å². The summed E-state index contributed by atoms with van der Waals surface area (Å²) in [6.45, 7) is 5.83. The summed E-state index contributed by atoms with van der Waals surface area (Å²) in [6, 6.07) is 4.19. The van der Waals surface area contributed by atoms with Crippen LogP contribution in [0.3, 0.4) is 0 Å². The Morgan fingerprint density at radius 2 is 2.10 bits per heavy atom. The first-order valence-electron chi connectivity index (χ1n) is 7.37. The maximum atomic E-state index is 13.7. The van der Waals surface area contributed by atoms with E-state index in [2.05, 4.69) is 12.2 Å². The van der Waals surface area contributed by atoms with Crippen molar-refractivity contribution in [3.8, 4) is 5.75 Å². The molecule has 2 N–H and O–H groups in total. The second-order valence-corrected chi connectivity index (χ2v) is 5.12. The van der Waals surface area contributed by atoms with Crippen molar-refractivity contribution in [2.24, 2.45) is 0 Å². The molecule has 5 heteroatoms. The van der Waals surface area contributed by atoms with Gasteiger partial charge in [0.2, 0.25) is 0 Å². The molecule has 0 saturated carbocycles. The van der Waals surface area contributed by atoms with Gasteiger partial charge in [0.25, 0.3) is 5.91 Å². The average Bonchev–Trinajstić information content (AvgIpc) is 2.43. The molecular weight excluding hydrogens is 273 g/mol. The number of hydrogen-bond acceptors (Lipinski definition) is 3. The molecule has 21 heavy (non-hydrogen) atoms. The van der Waals surface area contributed by atoms with Gasteiger partial charge in [0.15, 0.2) is 6.10 Å². The third kappa shape index (κ3) is 5.71. The van der Waals surface area contributed by atoms with Crippen molar-refractivity contribution in [1.29, 1.82) is 0 Å². The second-order valence-electron chi connectivity index (χ2n) is 5.12. The van der Waals surface area contributed by atoms with Crippen molar-refractivity contribution >= 4 is 5.91 Å². The van der Waals surface area contributed by atoms with E-state index >= 15 is 0 Å². The van der Waals surface area contributed by atoms with Crippen LogP contribution in [0.15, 0.2) is 18.2 Å². The fourth-order valence-corrected chi connectivity index (χ4v) is 1.91. The number of aliphatic hydroxyl groups excluding tert-OH is 1. The van der Waals surface area contributed by atoms with Crippen LogP contribution >= 0.6 is 0 Å². The van der Waals surface area contributed by atoms with Gasteiger partial charge in [0.1, 0.15) is 11.6 Å². The van der Waals surface area contributed by atoms with E-state index in [1.165, 1.54) is 19.1 Å². The quantitative estimate of drug-likeness (QED) is 0.725. The Morgan fingerprint density at radius 3 is 2.67 bits per heavy atom. The molecule has 118 valence electrons. The highest BCUT2D eigenvalue weighted by molar-refractivity contribution is 5.80. The Hall–Kier alpha value is -1.62. The summed E-state index contributed by atoms with van der Waals surface area (Å²) in [7, 11) is 0. The molecule has 0 radical (unpaired) electrons. The topological polar surface area (TPSA) is 58.6 Å². The normalized spacial score (nSPS) is 13.6. The number of amides is 1. The molecule has 0 heterocycles. The molecular formula is C16H24FNO3. The lowest BCUT2D eigenvalue weighted by molar-refractivity contribution is -0.127. The van der Waals surface area contributed by atoms with Gasteiger partial charge in [-0.25, -0.2) is 4.39 Å². The number of halogens is 1. The van der Waals surface area contributed by atoms with E-state index in [4.69, 9.17) is 4.74 Å². The van der Waals surface area contributed by atoms with Crippen LogP contribution in [0.5, 0.6) is 5.75 Å². The van der Waals surface area contributed by atoms with Gasteiger partial charge in [-0.2, -0.15) is 0 Å². The van der Waals surface area contributed by atoms with Gasteiger partial charge in [-0.15, -0.1) is 0 Å². The van der Waals surface area contributed by atoms with E-state index in [1.54, 1.807) is 13.0 Å². The SMILES string of the molecule is CCCCCNC(=O)C(C)Oc1ccc(C(C)O)c(F)c1. The summed E-state index contributed by atoms with van der Waals surface area (Å²) in [6.07, 6.45) is 1.53. The van der Waals surface area contributed by atoms with Crippen LogP contribution in [0.25, 0.3) is 0 Å². The van der Waals surface area contributed by atoms with Gasteiger partial charge < -0.3 is 15.2 Å². The first-order chi connectivity index (χ1) is 9.95. The minimum Gasteiger partial charge on any atom is -0.481 e. The molecule has 0 aliphatic carbocycles. The summed E-state index contributed by atoms with van der Waals surface area (Å²) in [5.74, 6) is -0.489.